The molecule has 1 amide bonds. The summed E-state index contributed by atoms with van der Waals surface area (Å²) < 4.78 is 0. The highest BCUT2D eigenvalue weighted by Gasteiger charge is 2.23. The van der Waals surface area contributed by atoms with Crippen LogP contribution >= 0.6 is 36.2 Å². The van der Waals surface area contributed by atoms with Gasteiger partial charge in [0.25, 0.3) is 5.91 Å². The number of carbonyl (C=O) groups excluding carboxylic acids is 1. The second-order valence-electron chi connectivity index (χ2n) is 4.50. The first-order valence-corrected chi connectivity index (χ1v) is 7.07. The van der Waals surface area contributed by atoms with Crippen molar-refractivity contribution >= 4 is 42.1 Å². The van der Waals surface area contributed by atoms with Crippen LogP contribution in [-0.4, -0.2) is 42.5 Å². The van der Waals surface area contributed by atoms with Crippen molar-refractivity contribution in [2.45, 2.75) is 19.3 Å². The van der Waals surface area contributed by atoms with E-state index in [9.17, 15) is 4.79 Å². The highest BCUT2D eigenvalue weighted by molar-refractivity contribution is 7.07. The number of nitrogens with zero attached hydrogens (tertiary/aromatic N) is 2. The lowest BCUT2D eigenvalue weighted by Crippen LogP contribution is -2.39. The predicted octanol–water partition coefficient (Wildman–Crippen LogP) is 2.45. The second kappa shape index (κ2) is 9.53. The largest absolute Gasteiger partial charge is 0.337 e. The number of nitrogens with one attached hydrogen (secondary N) is 1. The molecule has 0 unspecified atom stereocenters. The Morgan fingerprint density at radius 3 is 2.68 bits per heavy atom. The minimum absolute atomic E-state index is 0. The third-order valence-corrected chi connectivity index (χ3v) is 3.94. The van der Waals surface area contributed by atoms with Crippen molar-refractivity contribution in [2.24, 2.45) is 5.92 Å². The maximum atomic E-state index is 12.0. The number of thiazole rings is 1. The first-order chi connectivity index (χ1) is 8.31. The average Bonchev–Trinajstić information content (AvgIpc) is 2.90. The minimum atomic E-state index is 0. The first kappa shape index (κ1) is 18.6. The molecular weight excluding hydrogens is 305 g/mol. The van der Waals surface area contributed by atoms with Gasteiger partial charge in [0.05, 0.1) is 5.51 Å². The van der Waals surface area contributed by atoms with Crippen LogP contribution in [0.2, 0.25) is 0 Å². The predicted molar refractivity (Wildman–Crippen MR) is 83.8 cm³/mol. The van der Waals surface area contributed by atoms with E-state index < -0.39 is 0 Å². The van der Waals surface area contributed by atoms with E-state index in [4.69, 9.17) is 0 Å². The Bertz CT molecular complexity index is 354. The summed E-state index contributed by atoms with van der Waals surface area (Å²) >= 11 is 1.48. The first-order valence-electron chi connectivity index (χ1n) is 6.13. The van der Waals surface area contributed by atoms with E-state index in [1.54, 1.807) is 5.51 Å². The van der Waals surface area contributed by atoms with Crippen LogP contribution < -0.4 is 5.32 Å². The minimum Gasteiger partial charge on any atom is -0.337 e. The molecule has 0 radical (unpaired) electrons. The Labute approximate surface area is 130 Å². The summed E-state index contributed by atoms with van der Waals surface area (Å²) in [5.74, 6) is 0.861. The molecule has 0 aliphatic carbocycles. The number of likely N-dealkylation sites (tertiary alicyclic amines) is 1. The molecule has 0 saturated carbocycles. The van der Waals surface area contributed by atoms with Gasteiger partial charge in [-0.2, -0.15) is 0 Å². The zero-order valence-corrected chi connectivity index (χ0v) is 13.5. The molecule has 0 spiro atoms. The van der Waals surface area contributed by atoms with Crippen LogP contribution in [0.15, 0.2) is 10.9 Å². The molecule has 1 aliphatic rings. The summed E-state index contributed by atoms with van der Waals surface area (Å²) in [6.07, 6.45) is 3.46. The van der Waals surface area contributed by atoms with Crippen molar-refractivity contribution in [3.8, 4) is 0 Å². The van der Waals surface area contributed by atoms with Crippen molar-refractivity contribution in [1.29, 1.82) is 0 Å². The maximum absolute atomic E-state index is 12.0. The summed E-state index contributed by atoms with van der Waals surface area (Å²) in [4.78, 5) is 18.1. The van der Waals surface area contributed by atoms with Gasteiger partial charge < -0.3 is 10.2 Å². The van der Waals surface area contributed by atoms with Gasteiger partial charge in [-0.15, -0.1) is 36.2 Å². The molecule has 1 fully saturated rings. The fraction of sp³-hybridized carbons (Fsp3) is 0.667. The van der Waals surface area contributed by atoms with Crippen LogP contribution in [0.25, 0.3) is 0 Å². The van der Waals surface area contributed by atoms with E-state index in [0.29, 0.717) is 5.69 Å². The molecule has 1 aromatic rings. The number of hydrogen-bond acceptors (Lipinski definition) is 4. The van der Waals surface area contributed by atoms with Crippen LogP contribution in [0.4, 0.5) is 0 Å². The van der Waals surface area contributed by atoms with E-state index in [1.165, 1.54) is 17.8 Å². The maximum Gasteiger partial charge on any atom is 0.273 e. The number of hydrogen-bond donors (Lipinski definition) is 1. The molecule has 1 saturated heterocycles. The number of amides is 1. The molecule has 1 aromatic heterocycles. The zero-order valence-electron chi connectivity index (χ0n) is 11.0. The third kappa shape index (κ3) is 5.26. The normalized spacial score (nSPS) is 15.5. The van der Waals surface area contributed by atoms with Crippen molar-refractivity contribution in [1.82, 2.24) is 15.2 Å². The number of aromatic nitrogens is 1. The van der Waals surface area contributed by atoms with Gasteiger partial charge in [0.1, 0.15) is 5.69 Å². The number of carbonyl (C=O) groups is 1. The van der Waals surface area contributed by atoms with E-state index in [1.807, 2.05) is 17.3 Å². The van der Waals surface area contributed by atoms with E-state index in [0.717, 1.165) is 38.4 Å². The second-order valence-corrected chi connectivity index (χ2v) is 5.22. The summed E-state index contributed by atoms with van der Waals surface area (Å²) in [7, 11) is 1.99. The van der Waals surface area contributed by atoms with Crippen LogP contribution in [-0.2, 0) is 0 Å². The summed E-state index contributed by atoms with van der Waals surface area (Å²) in [6, 6.07) is 0. The van der Waals surface area contributed by atoms with Gasteiger partial charge in [-0.1, -0.05) is 0 Å². The Morgan fingerprint density at radius 2 is 2.16 bits per heavy atom. The lowest BCUT2D eigenvalue weighted by Gasteiger charge is -2.31. The summed E-state index contributed by atoms with van der Waals surface area (Å²) in [5.41, 5.74) is 2.32. The average molecular weight is 326 g/mol. The van der Waals surface area contributed by atoms with Gasteiger partial charge in [0, 0.05) is 18.5 Å². The number of piperidine rings is 1. The molecule has 7 heteroatoms. The van der Waals surface area contributed by atoms with Crippen LogP contribution in [0.5, 0.6) is 0 Å². The standard InChI is InChI=1S/C12H19N3OS.2ClH/c1-13-5-2-10-3-6-15(7-4-10)12(16)11-8-17-9-14-11;;/h8-10,13H,2-7H2,1H3;2*1H. The van der Waals surface area contributed by atoms with Crippen LogP contribution in [0, 0.1) is 5.92 Å². The van der Waals surface area contributed by atoms with Gasteiger partial charge in [0.15, 0.2) is 0 Å². The van der Waals surface area contributed by atoms with E-state index in [2.05, 4.69) is 10.3 Å². The molecule has 1 aliphatic heterocycles. The summed E-state index contributed by atoms with van der Waals surface area (Å²) in [6.45, 7) is 2.83. The van der Waals surface area contributed by atoms with Crippen molar-refractivity contribution in [3.05, 3.63) is 16.6 Å². The lowest BCUT2D eigenvalue weighted by molar-refractivity contribution is 0.0682. The molecule has 0 bridgehead atoms. The van der Waals surface area contributed by atoms with Gasteiger partial charge >= 0.3 is 0 Å². The van der Waals surface area contributed by atoms with Crippen LogP contribution in [0.1, 0.15) is 29.8 Å². The molecule has 0 aromatic carbocycles. The molecule has 0 atom stereocenters. The highest BCUT2D eigenvalue weighted by atomic mass is 35.5. The highest BCUT2D eigenvalue weighted by Crippen LogP contribution is 2.21. The summed E-state index contributed by atoms with van der Waals surface area (Å²) in [5, 5.41) is 5.01. The number of rotatable bonds is 4. The molecule has 19 heavy (non-hydrogen) atoms. The smallest absolute Gasteiger partial charge is 0.273 e. The molecule has 2 rings (SSSR count). The molecule has 2 heterocycles. The number of halogens is 2. The van der Waals surface area contributed by atoms with E-state index in [-0.39, 0.29) is 30.7 Å². The van der Waals surface area contributed by atoms with Crippen LogP contribution in [0.3, 0.4) is 0 Å². The zero-order chi connectivity index (χ0) is 12.1. The Hall–Kier alpha value is -0.360. The van der Waals surface area contributed by atoms with Crippen molar-refractivity contribution in [2.75, 3.05) is 26.7 Å². The van der Waals surface area contributed by atoms with Crippen molar-refractivity contribution < 1.29 is 4.79 Å². The van der Waals surface area contributed by atoms with Gasteiger partial charge in [-0.3, -0.25) is 4.79 Å². The molecule has 110 valence electrons. The molecule has 1 N–H and O–H groups in total. The fourth-order valence-electron chi connectivity index (χ4n) is 2.25. The molecular formula is C12H21Cl2N3OS. The monoisotopic (exact) mass is 325 g/mol. The topological polar surface area (TPSA) is 45.2 Å². The van der Waals surface area contributed by atoms with Gasteiger partial charge in [-0.05, 0) is 38.8 Å². The SMILES string of the molecule is CNCCC1CCN(C(=O)c2cscn2)CC1.Cl.Cl. The Morgan fingerprint density at radius 1 is 1.47 bits per heavy atom. The third-order valence-electron chi connectivity index (χ3n) is 3.36. The molecule has 4 nitrogen and oxygen atoms in total. The van der Waals surface area contributed by atoms with Gasteiger partial charge in [0.2, 0.25) is 0 Å². The lowest BCUT2D eigenvalue weighted by atomic mass is 9.93. The van der Waals surface area contributed by atoms with E-state index >= 15 is 0 Å². The van der Waals surface area contributed by atoms with Crippen molar-refractivity contribution in [3.63, 3.8) is 0 Å². The quantitative estimate of drug-likeness (QED) is 0.924. The Balaban J connectivity index is 0.00000162. The Kier molecular flexibility index (Phi) is 9.35. The van der Waals surface area contributed by atoms with Gasteiger partial charge in [-0.25, -0.2) is 4.98 Å². The fourth-order valence-corrected chi connectivity index (χ4v) is 2.78.